The van der Waals surface area contributed by atoms with Crippen LogP contribution in [0.5, 0.6) is 0 Å². The van der Waals surface area contributed by atoms with Crippen LogP contribution in [0, 0.1) is 0 Å². The van der Waals surface area contributed by atoms with Gasteiger partial charge in [0.25, 0.3) is 0 Å². The third-order valence-corrected chi connectivity index (χ3v) is 11.0. The fourth-order valence-corrected chi connectivity index (χ4v) is 6.73. The lowest BCUT2D eigenvalue weighted by Gasteiger charge is -2.41. The second kappa shape index (κ2) is 17.5. The summed E-state index contributed by atoms with van der Waals surface area (Å²) in [6.45, 7) is 0. The van der Waals surface area contributed by atoms with Crippen molar-refractivity contribution in [3.63, 3.8) is 0 Å². The lowest BCUT2D eigenvalue weighted by Crippen LogP contribution is -2.72. The number of aromatic nitrogens is 4. The summed E-state index contributed by atoms with van der Waals surface area (Å²) >= 11 is 0. The molecule has 0 radical (unpaired) electrons. The summed E-state index contributed by atoms with van der Waals surface area (Å²) in [5, 5.41) is 0. The smallest absolute Gasteiger partial charge is 0.244 e. The zero-order valence-electron chi connectivity index (χ0n) is 35.4. The van der Waals surface area contributed by atoms with E-state index >= 15 is 35.1 Å². The third kappa shape index (κ3) is 8.13. The molecule has 0 bridgehead atoms. The number of alkyl halides is 30. The minimum atomic E-state index is -8.73. The summed E-state index contributed by atoms with van der Waals surface area (Å²) in [6.07, 6.45) is -15.8. The van der Waals surface area contributed by atoms with Crippen LogP contribution in [0.4, 0.5) is 132 Å². The zero-order valence-corrected chi connectivity index (χ0v) is 35.4. The van der Waals surface area contributed by atoms with Gasteiger partial charge in [-0.15, -0.1) is 0 Å². The van der Waals surface area contributed by atoms with E-state index in [4.69, 9.17) is 0 Å². The number of benzene rings is 4. The zero-order chi connectivity index (χ0) is 58.1. The van der Waals surface area contributed by atoms with Crippen molar-refractivity contribution in [2.45, 2.75) is 83.4 Å². The second-order valence-corrected chi connectivity index (χ2v) is 15.9. The Balaban J connectivity index is 1.55. The van der Waals surface area contributed by atoms with Gasteiger partial charge in [-0.05, 0) is 35.4 Å². The van der Waals surface area contributed by atoms with E-state index in [1.807, 2.05) is 0 Å². The lowest BCUT2D eigenvalue weighted by atomic mass is 9.89. The molecule has 34 heteroatoms. The van der Waals surface area contributed by atoms with E-state index < -0.39 is 151 Å². The van der Waals surface area contributed by atoms with Gasteiger partial charge < -0.3 is 0 Å². The van der Waals surface area contributed by atoms with Crippen LogP contribution in [0.15, 0.2) is 97.1 Å². The van der Waals surface area contributed by atoms with Crippen LogP contribution in [0.1, 0.15) is 11.4 Å². The predicted molar refractivity (Wildman–Crippen MR) is 198 cm³/mol. The molecule has 0 aliphatic heterocycles. The average Bonchev–Trinajstić information content (AvgIpc) is 3.31. The molecule has 0 saturated heterocycles. The number of nitrogens with zero attached hydrogens (tertiary/aromatic N) is 4. The van der Waals surface area contributed by atoms with Crippen molar-refractivity contribution in [1.29, 1.82) is 0 Å². The van der Waals surface area contributed by atoms with Gasteiger partial charge in [0.1, 0.15) is 11.4 Å². The Hall–Kier alpha value is -6.54. The molecule has 4 aromatic carbocycles. The van der Waals surface area contributed by atoms with Gasteiger partial charge in [-0.2, -0.15) is 132 Å². The van der Waals surface area contributed by atoms with Crippen molar-refractivity contribution in [1.82, 2.24) is 19.9 Å². The Bertz CT molecular complexity index is 2940. The van der Waals surface area contributed by atoms with E-state index in [0.29, 0.717) is 48.5 Å². The Morgan fingerprint density at radius 3 is 0.737 bits per heavy atom. The maximum Gasteiger partial charge on any atom is 0.460 e. The predicted octanol–water partition coefficient (Wildman–Crippen LogP) is 16.2. The van der Waals surface area contributed by atoms with Crippen molar-refractivity contribution in [2.24, 2.45) is 0 Å². The molecule has 6 aromatic rings. The number of hydrogen-bond acceptors (Lipinski definition) is 4. The van der Waals surface area contributed by atoms with Gasteiger partial charge >= 0.3 is 83.4 Å². The first-order valence-corrected chi connectivity index (χ1v) is 19.5. The van der Waals surface area contributed by atoms with Crippen LogP contribution < -0.4 is 0 Å². The number of halogens is 30. The maximum atomic E-state index is 16.0. The largest absolute Gasteiger partial charge is 0.460 e. The molecule has 0 atom stereocenters. The highest BCUT2D eigenvalue weighted by Gasteiger charge is 2.95. The molecule has 0 N–H and O–H groups in total. The van der Waals surface area contributed by atoms with Gasteiger partial charge in [-0.1, -0.05) is 72.8 Å². The highest BCUT2D eigenvalue weighted by Crippen LogP contribution is 2.66. The molecular weight excluding hydrogens is 1130 g/mol. The maximum absolute atomic E-state index is 16.0. The molecular formula is C42H16F30N4. The number of hydrogen-bond donors (Lipinski definition) is 0. The van der Waals surface area contributed by atoms with E-state index in [1.165, 1.54) is 0 Å². The molecule has 2 heterocycles. The standard InChI is InChI=1S/C42H16F30N4/c43-29(44,31(47,48)33(51,52)35(55,56)37(59,60)39(63,64)41(67,68)69)27-25(17-7-3-1-4-8-17)73-21-13-11-19(15-23(21)75-27)20-12-14-22-24(16-20)76-28(26(74-22)18-9-5-2-6-10-18)30(45,46)32(49,50)34(53,54)36(57,58)38(61,62)40(65,66)42(70,71)72/h1-16H. The number of fused-ring (bicyclic) bond motifs is 2. The second-order valence-electron chi connectivity index (χ2n) is 15.9. The number of rotatable bonds is 15. The molecule has 0 fully saturated rings. The van der Waals surface area contributed by atoms with Crippen LogP contribution in [-0.4, -0.2) is 91.5 Å². The van der Waals surface area contributed by atoms with Crippen molar-refractivity contribution in [3.05, 3.63) is 108 Å². The van der Waals surface area contributed by atoms with Crippen LogP contribution in [0.2, 0.25) is 0 Å². The van der Waals surface area contributed by atoms with Gasteiger partial charge in [0.15, 0.2) is 0 Å². The summed E-state index contributed by atoms with van der Waals surface area (Å²) in [7, 11) is 0. The monoisotopic (exact) mass is 1150 g/mol. The molecule has 414 valence electrons. The Morgan fingerprint density at radius 1 is 0.224 bits per heavy atom. The van der Waals surface area contributed by atoms with Crippen LogP contribution in [0.25, 0.3) is 55.7 Å². The first-order valence-electron chi connectivity index (χ1n) is 19.5. The molecule has 0 saturated carbocycles. The van der Waals surface area contributed by atoms with E-state index in [-0.39, 0.29) is 0 Å². The van der Waals surface area contributed by atoms with Gasteiger partial charge in [0, 0.05) is 11.1 Å². The van der Waals surface area contributed by atoms with Crippen molar-refractivity contribution < 1.29 is 132 Å². The van der Waals surface area contributed by atoms with Crippen molar-refractivity contribution in [2.75, 3.05) is 0 Å². The molecule has 2 aromatic heterocycles. The van der Waals surface area contributed by atoms with E-state index in [9.17, 15) is 96.6 Å². The van der Waals surface area contributed by atoms with Crippen LogP contribution >= 0.6 is 0 Å². The highest BCUT2D eigenvalue weighted by molar-refractivity contribution is 5.88. The van der Waals surface area contributed by atoms with Gasteiger partial charge in [0.2, 0.25) is 0 Å². The Labute approximate surface area is 399 Å². The lowest BCUT2D eigenvalue weighted by molar-refractivity contribution is -0.454. The molecule has 0 spiro atoms. The summed E-state index contributed by atoms with van der Waals surface area (Å²) < 4.78 is 429. The van der Waals surface area contributed by atoms with Gasteiger partial charge in [-0.3, -0.25) is 0 Å². The fourth-order valence-electron chi connectivity index (χ4n) is 6.73. The first kappa shape index (κ1) is 58.7. The first-order chi connectivity index (χ1) is 34.1. The van der Waals surface area contributed by atoms with Crippen LogP contribution in [-0.2, 0) is 11.8 Å². The van der Waals surface area contributed by atoms with Crippen molar-refractivity contribution in [3.8, 4) is 33.6 Å². The van der Waals surface area contributed by atoms with E-state index in [1.54, 1.807) is 0 Å². The molecule has 0 amide bonds. The summed E-state index contributed by atoms with van der Waals surface area (Å²) in [5.41, 5.74) is -17.0. The SMILES string of the molecule is FC(F)(F)C(F)(F)C(F)(F)C(F)(F)C(F)(F)C(F)(F)C(F)(F)c1nc2cc(-c3ccc4nc(-c5ccccc5)c(C(F)(F)C(F)(F)C(F)(F)C(F)(F)C(F)(F)C(F)(F)C(F)(F)F)nc4c3)ccc2nc1-c1ccccc1. The molecule has 0 unspecified atom stereocenters. The Kier molecular flexibility index (Phi) is 13.5. The van der Waals surface area contributed by atoms with Gasteiger partial charge in [-0.25, -0.2) is 19.9 Å². The fraction of sp³-hybridized carbons (Fsp3) is 0.333. The Morgan fingerprint density at radius 2 is 0.474 bits per heavy atom. The van der Waals surface area contributed by atoms with E-state index in [2.05, 4.69) is 19.9 Å². The third-order valence-electron chi connectivity index (χ3n) is 11.0. The average molecular weight is 1150 g/mol. The summed E-state index contributed by atoms with van der Waals surface area (Å²) in [6, 6.07) is 11.6. The molecule has 0 aliphatic rings. The quantitative estimate of drug-likeness (QED) is 0.0962. The molecule has 4 nitrogen and oxygen atoms in total. The summed E-state index contributed by atoms with van der Waals surface area (Å²) in [5.74, 6) is -99.4. The normalized spacial score (nSPS) is 15.0. The van der Waals surface area contributed by atoms with Crippen LogP contribution in [0.3, 0.4) is 0 Å². The highest BCUT2D eigenvalue weighted by atomic mass is 19.4. The molecule has 76 heavy (non-hydrogen) atoms. The van der Waals surface area contributed by atoms with Crippen molar-refractivity contribution >= 4 is 22.1 Å². The van der Waals surface area contributed by atoms with E-state index in [0.717, 1.165) is 48.5 Å². The molecule has 0 aliphatic carbocycles. The topological polar surface area (TPSA) is 51.6 Å². The summed E-state index contributed by atoms with van der Waals surface area (Å²) in [4.78, 5) is 13.0. The minimum Gasteiger partial charge on any atom is -0.244 e. The van der Waals surface area contributed by atoms with Gasteiger partial charge in [0.05, 0.1) is 33.5 Å². The molecule has 6 rings (SSSR count). The minimum absolute atomic E-state index is 0.329.